The zero-order valence-electron chi connectivity index (χ0n) is 11.3. The average Bonchev–Trinajstić information content (AvgIpc) is 2.84. The van der Waals surface area contributed by atoms with Gasteiger partial charge in [-0.25, -0.2) is 0 Å². The third-order valence-electron chi connectivity index (χ3n) is 4.46. The molecule has 0 aliphatic heterocycles. The third kappa shape index (κ3) is 2.63. The highest BCUT2D eigenvalue weighted by Crippen LogP contribution is 2.36. The zero-order chi connectivity index (χ0) is 13.3. The van der Waals surface area contributed by atoms with E-state index in [9.17, 15) is 10.2 Å². The fourth-order valence-electron chi connectivity index (χ4n) is 3.31. The maximum atomic E-state index is 10.3. The van der Waals surface area contributed by atoms with E-state index in [1.165, 1.54) is 0 Å². The van der Waals surface area contributed by atoms with Crippen LogP contribution in [0.3, 0.4) is 0 Å². The summed E-state index contributed by atoms with van der Waals surface area (Å²) in [7, 11) is 0. The summed E-state index contributed by atoms with van der Waals surface area (Å²) in [5.41, 5.74) is 1.49. The summed E-state index contributed by atoms with van der Waals surface area (Å²) in [6.07, 6.45) is 6.29. The van der Waals surface area contributed by atoms with Gasteiger partial charge in [0.25, 0.3) is 0 Å². The molecule has 2 aliphatic carbocycles. The number of rotatable bonds is 3. The summed E-state index contributed by atoms with van der Waals surface area (Å²) >= 11 is 0. The van der Waals surface area contributed by atoms with Crippen LogP contribution in [0.5, 0.6) is 5.75 Å². The molecule has 3 rings (SSSR count). The fraction of sp³-hybridized carbons (Fsp3) is 0.625. The lowest BCUT2D eigenvalue weighted by atomic mass is 9.89. The molecule has 0 radical (unpaired) electrons. The van der Waals surface area contributed by atoms with E-state index >= 15 is 0 Å². The van der Waals surface area contributed by atoms with Crippen LogP contribution in [0.4, 0.5) is 0 Å². The summed E-state index contributed by atoms with van der Waals surface area (Å²) in [6, 6.07) is 5.87. The minimum absolute atomic E-state index is 0.359. The smallest absolute Gasteiger partial charge is 0.123 e. The van der Waals surface area contributed by atoms with Crippen LogP contribution in [-0.2, 0) is 6.42 Å². The molecule has 0 aromatic heterocycles. The topological polar surface area (TPSA) is 49.7 Å². The Balaban J connectivity index is 1.76. The molecule has 0 amide bonds. The van der Waals surface area contributed by atoms with Crippen molar-refractivity contribution in [2.24, 2.45) is 0 Å². The molecule has 1 saturated carbocycles. The second kappa shape index (κ2) is 5.14. The molecule has 0 bridgehead atoms. The number of aliphatic hydroxyl groups is 2. The highest BCUT2D eigenvalue weighted by Gasteiger charge is 2.32. The molecule has 1 aromatic carbocycles. The van der Waals surface area contributed by atoms with Crippen molar-refractivity contribution in [3.63, 3.8) is 0 Å². The summed E-state index contributed by atoms with van der Waals surface area (Å²) in [5, 5.41) is 20.3. The quantitative estimate of drug-likeness (QED) is 0.880. The maximum absolute atomic E-state index is 10.3. The first-order valence-electron chi connectivity index (χ1n) is 7.33. The van der Waals surface area contributed by atoms with Gasteiger partial charge in [-0.1, -0.05) is 25.0 Å². The van der Waals surface area contributed by atoms with E-state index in [2.05, 4.69) is 0 Å². The van der Waals surface area contributed by atoms with Crippen molar-refractivity contribution >= 4 is 0 Å². The number of hydrogen-bond donors (Lipinski definition) is 2. The Labute approximate surface area is 114 Å². The minimum Gasteiger partial charge on any atom is -0.490 e. The largest absolute Gasteiger partial charge is 0.490 e. The van der Waals surface area contributed by atoms with Crippen LogP contribution in [0.1, 0.15) is 55.8 Å². The van der Waals surface area contributed by atoms with Gasteiger partial charge >= 0.3 is 0 Å². The highest BCUT2D eigenvalue weighted by molar-refractivity contribution is 5.42. The van der Waals surface area contributed by atoms with Crippen molar-refractivity contribution in [2.75, 3.05) is 6.61 Å². The molecular weight excluding hydrogens is 240 g/mol. The molecule has 1 atom stereocenters. The normalized spacial score (nSPS) is 25.1. The van der Waals surface area contributed by atoms with E-state index in [4.69, 9.17) is 4.74 Å². The SMILES string of the molecule is OC1CCCc2c(OCC3(O)CCCC3)cccc21. The molecule has 1 fully saturated rings. The summed E-state index contributed by atoms with van der Waals surface area (Å²) in [5.74, 6) is 0.844. The Morgan fingerprint density at radius 2 is 2.00 bits per heavy atom. The standard InChI is InChI=1S/C16H22O3/c17-14-7-3-6-13-12(14)5-4-8-15(13)19-11-16(18)9-1-2-10-16/h4-5,8,14,17-18H,1-3,6-7,9-11H2. The predicted molar refractivity (Wildman–Crippen MR) is 73.3 cm³/mol. The molecular formula is C16H22O3. The van der Waals surface area contributed by atoms with E-state index in [0.717, 1.165) is 61.8 Å². The lowest BCUT2D eigenvalue weighted by molar-refractivity contribution is 0.000942. The van der Waals surface area contributed by atoms with Crippen LogP contribution in [0.25, 0.3) is 0 Å². The van der Waals surface area contributed by atoms with Gasteiger partial charge < -0.3 is 14.9 Å². The van der Waals surface area contributed by atoms with Crippen molar-refractivity contribution < 1.29 is 14.9 Å². The van der Waals surface area contributed by atoms with Crippen LogP contribution in [-0.4, -0.2) is 22.4 Å². The fourth-order valence-corrected chi connectivity index (χ4v) is 3.31. The van der Waals surface area contributed by atoms with E-state index in [-0.39, 0.29) is 6.10 Å². The third-order valence-corrected chi connectivity index (χ3v) is 4.46. The molecule has 2 aliphatic rings. The van der Waals surface area contributed by atoms with Crippen molar-refractivity contribution in [1.82, 2.24) is 0 Å². The number of aliphatic hydroxyl groups excluding tert-OH is 1. The van der Waals surface area contributed by atoms with Gasteiger partial charge in [0.15, 0.2) is 0 Å². The maximum Gasteiger partial charge on any atom is 0.123 e. The molecule has 3 nitrogen and oxygen atoms in total. The first-order valence-corrected chi connectivity index (χ1v) is 7.33. The summed E-state index contributed by atoms with van der Waals surface area (Å²) < 4.78 is 5.88. The molecule has 0 heterocycles. The van der Waals surface area contributed by atoms with Gasteiger partial charge in [-0.2, -0.15) is 0 Å². The number of ether oxygens (including phenoxy) is 1. The van der Waals surface area contributed by atoms with Crippen molar-refractivity contribution in [1.29, 1.82) is 0 Å². The van der Waals surface area contributed by atoms with Gasteiger partial charge in [0, 0.05) is 0 Å². The monoisotopic (exact) mass is 262 g/mol. The lowest BCUT2D eigenvalue weighted by Crippen LogP contribution is -2.32. The zero-order valence-corrected chi connectivity index (χ0v) is 11.3. The van der Waals surface area contributed by atoms with Crippen LogP contribution in [0.15, 0.2) is 18.2 Å². The first-order chi connectivity index (χ1) is 9.18. The second-order valence-electron chi connectivity index (χ2n) is 5.95. The van der Waals surface area contributed by atoms with Crippen molar-refractivity contribution in [3.8, 4) is 5.75 Å². The summed E-state index contributed by atoms with van der Waals surface area (Å²) in [6.45, 7) is 0.375. The Bertz CT molecular complexity index is 449. The summed E-state index contributed by atoms with van der Waals surface area (Å²) in [4.78, 5) is 0. The number of benzene rings is 1. The van der Waals surface area contributed by atoms with Crippen molar-refractivity contribution in [2.45, 2.75) is 56.7 Å². The van der Waals surface area contributed by atoms with Gasteiger partial charge in [0.05, 0.1) is 11.7 Å². The van der Waals surface area contributed by atoms with Gasteiger partial charge in [-0.05, 0) is 49.3 Å². The van der Waals surface area contributed by atoms with E-state index in [1.807, 2.05) is 18.2 Å². The van der Waals surface area contributed by atoms with E-state index < -0.39 is 5.60 Å². The molecule has 2 N–H and O–H groups in total. The molecule has 104 valence electrons. The van der Waals surface area contributed by atoms with Crippen LogP contribution >= 0.6 is 0 Å². The highest BCUT2D eigenvalue weighted by atomic mass is 16.5. The molecule has 0 saturated heterocycles. The Morgan fingerprint density at radius 3 is 2.79 bits per heavy atom. The van der Waals surface area contributed by atoms with Gasteiger partial charge in [0.2, 0.25) is 0 Å². The average molecular weight is 262 g/mol. The van der Waals surface area contributed by atoms with E-state index in [0.29, 0.717) is 6.61 Å². The molecule has 3 heteroatoms. The first kappa shape index (κ1) is 12.9. The van der Waals surface area contributed by atoms with Crippen LogP contribution in [0, 0.1) is 0 Å². The second-order valence-corrected chi connectivity index (χ2v) is 5.95. The Hall–Kier alpha value is -1.06. The van der Waals surface area contributed by atoms with E-state index in [1.54, 1.807) is 0 Å². The predicted octanol–water partition coefficient (Wildman–Crippen LogP) is 2.74. The van der Waals surface area contributed by atoms with Crippen LogP contribution in [0.2, 0.25) is 0 Å². The minimum atomic E-state index is -0.643. The van der Waals surface area contributed by atoms with Crippen molar-refractivity contribution in [3.05, 3.63) is 29.3 Å². The lowest BCUT2D eigenvalue weighted by Gasteiger charge is -2.26. The Morgan fingerprint density at radius 1 is 1.21 bits per heavy atom. The van der Waals surface area contributed by atoms with Crippen LogP contribution < -0.4 is 4.74 Å². The molecule has 1 unspecified atom stereocenters. The number of fused-ring (bicyclic) bond motifs is 1. The van der Waals surface area contributed by atoms with Gasteiger partial charge in [0.1, 0.15) is 12.4 Å². The van der Waals surface area contributed by atoms with Gasteiger partial charge in [-0.15, -0.1) is 0 Å². The number of hydrogen-bond acceptors (Lipinski definition) is 3. The van der Waals surface area contributed by atoms with Gasteiger partial charge in [-0.3, -0.25) is 0 Å². The molecule has 19 heavy (non-hydrogen) atoms. The molecule has 0 spiro atoms. The Kier molecular flexibility index (Phi) is 3.50. The molecule has 1 aromatic rings.